The van der Waals surface area contributed by atoms with Crippen LogP contribution in [0.1, 0.15) is 72.1 Å². The highest BCUT2D eigenvalue weighted by Crippen LogP contribution is 2.23. The van der Waals surface area contributed by atoms with Crippen LogP contribution in [0.15, 0.2) is 66.5 Å². The topological polar surface area (TPSA) is 106 Å². The van der Waals surface area contributed by atoms with Crippen LogP contribution in [0, 0.1) is 5.41 Å². The van der Waals surface area contributed by atoms with Crippen molar-refractivity contribution in [2.24, 2.45) is 5.41 Å². The molecule has 10 heteroatoms. The molecule has 0 bridgehead atoms. The zero-order chi connectivity index (χ0) is 33.4. The van der Waals surface area contributed by atoms with Crippen LogP contribution in [-0.2, 0) is 23.9 Å². The van der Waals surface area contributed by atoms with E-state index in [2.05, 4.69) is 77.2 Å². The van der Waals surface area contributed by atoms with E-state index in [1.807, 2.05) is 26.0 Å². The van der Waals surface area contributed by atoms with Crippen molar-refractivity contribution in [1.82, 2.24) is 16.0 Å². The molecule has 0 aromatic carbocycles. The van der Waals surface area contributed by atoms with E-state index in [9.17, 15) is 14.4 Å². The highest BCUT2D eigenvalue weighted by atomic mass is 33.1. The molecule has 0 spiro atoms. The molecular weight excluding hydrogens is 607 g/mol. The Morgan fingerprint density at radius 1 is 0.733 bits per heavy atom. The van der Waals surface area contributed by atoms with E-state index in [1.54, 1.807) is 28.7 Å². The predicted octanol–water partition coefficient (Wildman–Crippen LogP) is 6.48. The van der Waals surface area contributed by atoms with E-state index >= 15 is 0 Å². The van der Waals surface area contributed by atoms with Gasteiger partial charge in [-0.1, -0.05) is 91.0 Å². The number of ether oxygens (including phenoxy) is 2. The number of amides is 3. The van der Waals surface area contributed by atoms with E-state index in [0.717, 1.165) is 43.6 Å². The zero-order valence-electron chi connectivity index (χ0n) is 28.1. The first-order chi connectivity index (χ1) is 21.8. The molecule has 8 nitrogen and oxygen atoms in total. The molecule has 3 N–H and O–H groups in total. The molecule has 254 valence electrons. The predicted molar refractivity (Wildman–Crippen MR) is 192 cm³/mol. The molecule has 0 aliphatic carbocycles. The Hall–Kier alpha value is -2.49. The second kappa shape index (κ2) is 30.2. The lowest BCUT2D eigenvalue weighted by atomic mass is 9.86. The minimum Gasteiger partial charge on any atom is -0.384 e. The van der Waals surface area contributed by atoms with Gasteiger partial charge >= 0.3 is 0 Å². The lowest BCUT2D eigenvalue weighted by molar-refractivity contribution is -0.140. The van der Waals surface area contributed by atoms with E-state index < -0.39 is 11.5 Å². The molecule has 0 saturated carbocycles. The fraction of sp³-hybridized carbons (Fsp3) is 0.600. The third kappa shape index (κ3) is 26.4. The van der Waals surface area contributed by atoms with Crippen molar-refractivity contribution < 1.29 is 23.9 Å². The molecule has 0 rings (SSSR count). The van der Waals surface area contributed by atoms with Crippen LogP contribution in [0.3, 0.4) is 0 Å². The highest BCUT2D eigenvalue weighted by molar-refractivity contribution is 8.76. The van der Waals surface area contributed by atoms with Crippen LogP contribution < -0.4 is 16.0 Å². The Balaban J connectivity index is 3.74. The van der Waals surface area contributed by atoms with Crippen molar-refractivity contribution in [1.29, 1.82) is 0 Å². The van der Waals surface area contributed by atoms with Crippen molar-refractivity contribution in [3.63, 3.8) is 0 Å². The Morgan fingerprint density at radius 3 is 1.80 bits per heavy atom. The fourth-order valence-electron chi connectivity index (χ4n) is 3.96. The van der Waals surface area contributed by atoms with E-state index in [1.165, 1.54) is 7.11 Å². The van der Waals surface area contributed by atoms with Gasteiger partial charge < -0.3 is 25.4 Å². The molecule has 1 unspecified atom stereocenters. The molecule has 3 amide bonds. The van der Waals surface area contributed by atoms with Gasteiger partial charge in [0.15, 0.2) is 0 Å². The molecule has 0 aliphatic rings. The van der Waals surface area contributed by atoms with Gasteiger partial charge in [0.05, 0.1) is 6.61 Å². The summed E-state index contributed by atoms with van der Waals surface area (Å²) in [4.78, 5) is 36.4. The summed E-state index contributed by atoms with van der Waals surface area (Å²) in [7, 11) is 6.38. The SMILES string of the molecule is CC/C=C\C/C=C\C/C=C\C/C=C\CC=C=CCCC(=O)NCCSSCCNC(=O)CCNC(=O)C(OC)C(C)(C)COC. The maximum atomic E-state index is 12.4. The van der Waals surface area contributed by atoms with Crippen LogP contribution in [0.2, 0.25) is 0 Å². The minimum absolute atomic E-state index is 0.0380. The molecular formula is C35H57N3O5S2. The van der Waals surface area contributed by atoms with Gasteiger partial charge in [0.25, 0.3) is 0 Å². The van der Waals surface area contributed by atoms with Gasteiger partial charge in [-0.05, 0) is 50.7 Å². The molecule has 45 heavy (non-hydrogen) atoms. The quantitative estimate of drug-likeness (QED) is 0.0400. The number of nitrogens with one attached hydrogen (secondary N) is 3. The number of carbonyl (C=O) groups is 3. The normalized spacial score (nSPS) is 12.6. The van der Waals surface area contributed by atoms with Crippen LogP contribution >= 0.6 is 21.6 Å². The summed E-state index contributed by atoms with van der Waals surface area (Å²) >= 11 is 0. The van der Waals surface area contributed by atoms with Crippen LogP contribution in [0.5, 0.6) is 0 Å². The summed E-state index contributed by atoms with van der Waals surface area (Å²) in [5, 5.41) is 8.55. The van der Waals surface area contributed by atoms with Gasteiger partial charge in [-0.3, -0.25) is 14.4 Å². The smallest absolute Gasteiger partial charge is 0.249 e. The number of methoxy groups -OCH3 is 2. The maximum absolute atomic E-state index is 12.4. The van der Waals surface area contributed by atoms with E-state index in [-0.39, 0.29) is 30.7 Å². The van der Waals surface area contributed by atoms with E-state index in [0.29, 0.717) is 32.5 Å². The second-order valence-corrected chi connectivity index (χ2v) is 13.5. The summed E-state index contributed by atoms with van der Waals surface area (Å²) in [6.07, 6.45) is 26.8. The van der Waals surface area contributed by atoms with E-state index in [4.69, 9.17) is 9.47 Å². The first-order valence-electron chi connectivity index (χ1n) is 15.8. The Labute approximate surface area is 280 Å². The van der Waals surface area contributed by atoms with Crippen molar-refractivity contribution in [2.75, 3.05) is 52.0 Å². The summed E-state index contributed by atoms with van der Waals surface area (Å²) in [5.74, 6) is 1.22. The van der Waals surface area contributed by atoms with Gasteiger partial charge in [0.2, 0.25) is 17.7 Å². The van der Waals surface area contributed by atoms with Crippen LogP contribution in [0.4, 0.5) is 0 Å². The van der Waals surface area contributed by atoms with Gasteiger partial charge in [-0.15, -0.1) is 5.73 Å². The minimum atomic E-state index is -0.662. The molecule has 0 heterocycles. The van der Waals surface area contributed by atoms with Crippen molar-refractivity contribution in [3.8, 4) is 0 Å². The highest BCUT2D eigenvalue weighted by Gasteiger charge is 2.35. The Kier molecular flexibility index (Phi) is 28.5. The van der Waals surface area contributed by atoms with Crippen LogP contribution in [0.25, 0.3) is 0 Å². The van der Waals surface area contributed by atoms with Crippen molar-refractivity contribution >= 4 is 39.3 Å². The van der Waals surface area contributed by atoms with Crippen LogP contribution in [-0.4, -0.2) is 75.8 Å². The number of hydrogen-bond acceptors (Lipinski definition) is 7. The molecule has 0 aliphatic heterocycles. The van der Waals surface area contributed by atoms with Gasteiger partial charge in [0, 0.05) is 63.6 Å². The third-order valence-electron chi connectivity index (χ3n) is 6.17. The molecule has 0 aromatic heterocycles. The Bertz CT molecular complexity index is 986. The van der Waals surface area contributed by atoms with Gasteiger partial charge in [-0.2, -0.15) is 0 Å². The number of hydrogen-bond donors (Lipinski definition) is 3. The lowest BCUT2D eigenvalue weighted by Gasteiger charge is -2.31. The monoisotopic (exact) mass is 663 g/mol. The molecule has 0 aromatic rings. The summed E-state index contributed by atoms with van der Waals surface area (Å²) in [6, 6.07) is 0. The summed E-state index contributed by atoms with van der Waals surface area (Å²) in [5.41, 5.74) is 2.65. The van der Waals surface area contributed by atoms with Crippen molar-refractivity contribution in [2.45, 2.75) is 78.2 Å². The standard InChI is InChI=1S/C35H57N3O5S2/c1-6-7-8-9-10-11-12-13-14-15-16-17-18-19-20-21-22-23-31(39)36-26-28-44-45-29-27-37-32(40)24-25-38-34(41)33(43-5)35(2,3)30-42-4/h7-8,10-11,13-14,16-17,19,21,33H,6,9,12,15,18,22-30H2,1-5H3,(H,36,39)(H,37,40)(H,38,41)/b8-7-,11-10-,14-13-,17-16-. The largest absolute Gasteiger partial charge is 0.384 e. The summed E-state index contributed by atoms with van der Waals surface area (Å²) in [6.45, 7) is 7.71. The lowest BCUT2D eigenvalue weighted by Crippen LogP contribution is -2.47. The average molecular weight is 664 g/mol. The number of rotatable bonds is 27. The van der Waals surface area contributed by atoms with Gasteiger partial charge in [0.1, 0.15) is 6.10 Å². The molecule has 0 fully saturated rings. The van der Waals surface area contributed by atoms with Gasteiger partial charge in [-0.25, -0.2) is 0 Å². The fourth-order valence-corrected chi connectivity index (χ4v) is 5.78. The third-order valence-corrected chi connectivity index (χ3v) is 8.58. The molecule has 0 radical (unpaired) electrons. The molecule has 1 atom stereocenters. The Morgan fingerprint density at radius 2 is 1.27 bits per heavy atom. The zero-order valence-corrected chi connectivity index (χ0v) is 29.7. The average Bonchev–Trinajstić information content (AvgIpc) is 3.00. The molecule has 0 saturated heterocycles. The first-order valence-corrected chi connectivity index (χ1v) is 18.3. The second-order valence-electron chi connectivity index (χ2n) is 10.8. The summed E-state index contributed by atoms with van der Waals surface area (Å²) < 4.78 is 10.5. The number of allylic oxidation sites excluding steroid dienone is 9. The maximum Gasteiger partial charge on any atom is 0.249 e. The first kappa shape index (κ1) is 42.5. The number of carbonyl (C=O) groups excluding carboxylic acids is 3. The van der Waals surface area contributed by atoms with Crippen molar-refractivity contribution in [3.05, 3.63) is 66.5 Å².